The molecule has 0 spiro atoms. The van der Waals surface area contributed by atoms with Crippen molar-refractivity contribution >= 4 is 11.6 Å². The van der Waals surface area contributed by atoms with Gasteiger partial charge in [0.1, 0.15) is 0 Å². The first-order valence-corrected chi connectivity index (χ1v) is 3.65. The summed E-state index contributed by atoms with van der Waals surface area (Å²) in [5, 5.41) is -2.21. The van der Waals surface area contributed by atoms with Gasteiger partial charge < -0.3 is 4.74 Å². The van der Waals surface area contributed by atoms with E-state index in [0.717, 1.165) is 6.92 Å². The Bertz CT molecular complexity index is 229. The molecule has 0 aromatic carbocycles. The fraction of sp³-hybridized carbons (Fsp3) is 0.667. The zero-order valence-electron chi connectivity index (χ0n) is 6.76. The maximum absolute atomic E-state index is 12.4. The van der Waals surface area contributed by atoms with Crippen LogP contribution in [0.15, 0.2) is 11.0 Å². The summed E-state index contributed by atoms with van der Waals surface area (Å²) in [5.41, 5.74) is 0. The molecule has 0 radical (unpaired) electrons. The van der Waals surface area contributed by atoms with Gasteiger partial charge in [-0.1, -0.05) is 0 Å². The quantitative estimate of drug-likeness (QED) is 0.543. The fourth-order valence-corrected chi connectivity index (χ4v) is 0.710. The number of alkyl halides is 5. The monoisotopic (exact) mass is 242 g/mol. The molecule has 0 aliphatic rings. The van der Waals surface area contributed by atoms with Crippen molar-refractivity contribution in [1.29, 1.82) is 0 Å². The fourth-order valence-electron chi connectivity index (χ4n) is 0.537. The maximum Gasteiger partial charge on any atom is 0.461 e. The predicted octanol–water partition coefficient (Wildman–Crippen LogP) is 3.60. The molecule has 0 aliphatic carbocycles. The van der Waals surface area contributed by atoms with Crippen molar-refractivity contribution in [2.75, 3.05) is 6.61 Å². The van der Waals surface area contributed by atoms with Crippen molar-refractivity contribution in [2.45, 2.75) is 19.0 Å². The van der Waals surface area contributed by atoms with Crippen LogP contribution >= 0.6 is 11.6 Å². The normalized spacial score (nSPS) is 15.1. The third-order valence-electron chi connectivity index (χ3n) is 1.10. The molecule has 84 valence electrons. The average Bonchev–Trinajstić information content (AvgIpc) is 1.96. The SMILES string of the molecule is CCO/C(=C(/F)Cl)C(F)(F)C(F)(F)F. The van der Waals surface area contributed by atoms with Crippen LogP contribution < -0.4 is 0 Å². The molecule has 0 N–H and O–H groups in total. The Hall–Kier alpha value is -0.590. The second kappa shape index (κ2) is 4.29. The molecule has 0 saturated carbocycles. The summed E-state index contributed by atoms with van der Waals surface area (Å²) in [6.07, 6.45) is -5.94. The van der Waals surface area contributed by atoms with Crippen molar-refractivity contribution in [1.82, 2.24) is 0 Å². The van der Waals surface area contributed by atoms with Gasteiger partial charge >= 0.3 is 12.1 Å². The van der Waals surface area contributed by atoms with Crippen LogP contribution in [0.2, 0.25) is 0 Å². The molecule has 8 heteroatoms. The minimum Gasteiger partial charge on any atom is -0.488 e. The molecule has 0 saturated heterocycles. The molecule has 14 heavy (non-hydrogen) atoms. The summed E-state index contributed by atoms with van der Waals surface area (Å²) in [6.45, 7) is 0.563. The van der Waals surface area contributed by atoms with Gasteiger partial charge in [-0.3, -0.25) is 0 Å². The van der Waals surface area contributed by atoms with E-state index in [2.05, 4.69) is 16.3 Å². The van der Waals surface area contributed by atoms with E-state index in [-0.39, 0.29) is 0 Å². The van der Waals surface area contributed by atoms with Crippen molar-refractivity contribution in [2.24, 2.45) is 0 Å². The van der Waals surface area contributed by atoms with Crippen LogP contribution in [0.5, 0.6) is 0 Å². The highest BCUT2D eigenvalue weighted by Crippen LogP contribution is 2.43. The van der Waals surface area contributed by atoms with Gasteiger partial charge in [-0.15, -0.1) is 0 Å². The minimum absolute atomic E-state index is 0.554. The third-order valence-corrected chi connectivity index (χ3v) is 1.27. The highest BCUT2D eigenvalue weighted by atomic mass is 35.5. The summed E-state index contributed by atoms with van der Waals surface area (Å²) >= 11 is 4.42. The second-order valence-electron chi connectivity index (χ2n) is 2.09. The summed E-state index contributed by atoms with van der Waals surface area (Å²) in [4.78, 5) is 0. The number of ether oxygens (including phenoxy) is 1. The molecule has 0 rings (SSSR count). The summed E-state index contributed by atoms with van der Waals surface area (Å²) in [7, 11) is 0. The lowest BCUT2D eigenvalue weighted by atomic mass is 10.3. The molecular weight excluding hydrogens is 238 g/mol. The van der Waals surface area contributed by atoms with E-state index < -0.39 is 29.8 Å². The first-order chi connectivity index (χ1) is 6.14. The Balaban J connectivity index is 5.13. The van der Waals surface area contributed by atoms with Crippen molar-refractivity contribution in [3.05, 3.63) is 11.0 Å². The van der Waals surface area contributed by atoms with Gasteiger partial charge in [0.25, 0.3) is 0 Å². The van der Waals surface area contributed by atoms with Gasteiger partial charge in [0, 0.05) is 0 Å². The van der Waals surface area contributed by atoms with Crippen LogP contribution in [0.25, 0.3) is 0 Å². The first-order valence-electron chi connectivity index (χ1n) is 3.27. The van der Waals surface area contributed by atoms with Crippen LogP contribution in [0, 0.1) is 0 Å². The van der Waals surface area contributed by atoms with E-state index in [4.69, 9.17) is 0 Å². The molecule has 0 bridgehead atoms. The van der Waals surface area contributed by atoms with E-state index in [1.807, 2.05) is 0 Å². The van der Waals surface area contributed by atoms with E-state index in [0.29, 0.717) is 0 Å². The number of rotatable bonds is 3. The van der Waals surface area contributed by atoms with E-state index >= 15 is 0 Å². The zero-order valence-corrected chi connectivity index (χ0v) is 7.52. The minimum atomic E-state index is -5.94. The lowest BCUT2D eigenvalue weighted by Gasteiger charge is -2.21. The molecule has 0 fully saturated rings. The van der Waals surface area contributed by atoms with Crippen LogP contribution in [-0.2, 0) is 4.74 Å². The Labute approximate surface area is 80.3 Å². The Morgan fingerprint density at radius 3 is 1.86 bits per heavy atom. The topological polar surface area (TPSA) is 9.23 Å². The van der Waals surface area contributed by atoms with E-state index in [9.17, 15) is 26.3 Å². The van der Waals surface area contributed by atoms with Gasteiger partial charge in [0.05, 0.1) is 6.61 Å². The van der Waals surface area contributed by atoms with Gasteiger partial charge in [-0.05, 0) is 18.5 Å². The Morgan fingerprint density at radius 1 is 1.21 bits per heavy atom. The van der Waals surface area contributed by atoms with Gasteiger partial charge in [0.2, 0.25) is 11.0 Å². The Kier molecular flexibility index (Phi) is 4.11. The third kappa shape index (κ3) is 2.70. The number of hydrogen-bond acceptors (Lipinski definition) is 1. The highest BCUT2D eigenvalue weighted by molar-refractivity contribution is 6.28. The number of halogens is 7. The Morgan fingerprint density at radius 2 is 1.64 bits per heavy atom. The molecule has 1 nitrogen and oxygen atoms in total. The van der Waals surface area contributed by atoms with Crippen LogP contribution in [-0.4, -0.2) is 18.7 Å². The molecule has 0 heterocycles. The van der Waals surface area contributed by atoms with Crippen LogP contribution in [0.3, 0.4) is 0 Å². The molecule has 0 aliphatic heterocycles. The largest absolute Gasteiger partial charge is 0.488 e. The maximum atomic E-state index is 12.4. The van der Waals surface area contributed by atoms with Gasteiger partial charge in [-0.2, -0.15) is 26.3 Å². The van der Waals surface area contributed by atoms with E-state index in [1.54, 1.807) is 0 Å². The number of hydrogen-bond donors (Lipinski definition) is 0. The zero-order chi connectivity index (χ0) is 11.6. The summed E-state index contributed by atoms with van der Waals surface area (Å²) in [6, 6.07) is 0. The van der Waals surface area contributed by atoms with Gasteiger partial charge in [0.15, 0.2) is 0 Å². The standard InChI is InChI=1S/C6H5ClF6O/c1-2-14-3(4(7)8)5(9,10)6(11,12)13/h2H2,1H3/b4-3+. The molecule has 0 amide bonds. The van der Waals surface area contributed by atoms with Crippen molar-refractivity contribution < 1.29 is 31.1 Å². The second-order valence-corrected chi connectivity index (χ2v) is 2.43. The smallest absolute Gasteiger partial charge is 0.461 e. The molecule has 0 atom stereocenters. The molecule has 0 unspecified atom stereocenters. The van der Waals surface area contributed by atoms with E-state index in [1.165, 1.54) is 0 Å². The highest BCUT2D eigenvalue weighted by Gasteiger charge is 2.63. The summed E-state index contributed by atoms with van der Waals surface area (Å²) < 4.78 is 75.8. The first kappa shape index (κ1) is 13.4. The van der Waals surface area contributed by atoms with Crippen LogP contribution in [0.1, 0.15) is 6.92 Å². The van der Waals surface area contributed by atoms with Crippen molar-refractivity contribution in [3.63, 3.8) is 0 Å². The van der Waals surface area contributed by atoms with Crippen LogP contribution in [0.4, 0.5) is 26.3 Å². The average molecular weight is 243 g/mol. The lowest BCUT2D eigenvalue weighted by molar-refractivity contribution is -0.277. The molecular formula is C6H5ClF6O. The van der Waals surface area contributed by atoms with Gasteiger partial charge in [-0.25, -0.2) is 0 Å². The van der Waals surface area contributed by atoms with Crippen molar-refractivity contribution in [3.8, 4) is 0 Å². The summed E-state index contributed by atoms with van der Waals surface area (Å²) in [5.74, 6) is -7.64. The predicted molar refractivity (Wildman–Crippen MR) is 36.6 cm³/mol. The number of allylic oxidation sites excluding steroid dienone is 1. The lowest BCUT2D eigenvalue weighted by Crippen LogP contribution is -2.39. The molecule has 0 aromatic rings. The molecule has 0 aromatic heterocycles.